The molecule has 0 bridgehead atoms. The third-order valence-electron chi connectivity index (χ3n) is 2.13. The number of esters is 1. The summed E-state index contributed by atoms with van der Waals surface area (Å²) in [4.78, 5) is 10.7. The van der Waals surface area contributed by atoms with Crippen LogP contribution in [0.4, 0.5) is 4.39 Å². The zero-order chi connectivity index (χ0) is 12.0. The lowest BCUT2D eigenvalue weighted by molar-refractivity contribution is -0.139. The molecule has 0 amide bonds. The van der Waals surface area contributed by atoms with Gasteiger partial charge >= 0.3 is 5.97 Å². The molecule has 1 rings (SSSR count). The van der Waals surface area contributed by atoms with Crippen LogP contribution >= 0.6 is 0 Å². The summed E-state index contributed by atoms with van der Waals surface area (Å²) in [5.74, 6) is -0.574. The van der Waals surface area contributed by atoms with Gasteiger partial charge in [-0.25, -0.2) is 4.39 Å². The average Bonchev–Trinajstić information content (AvgIpc) is 2.24. The predicted octanol–water partition coefficient (Wildman–Crippen LogP) is 3.18. The molecule has 0 fully saturated rings. The van der Waals surface area contributed by atoms with Crippen molar-refractivity contribution in [2.24, 2.45) is 0 Å². The first-order valence-corrected chi connectivity index (χ1v) is 5.20. The Balaban J connectivity index is 2.75. The number of carbonyl (C=O) groups is 1. The fourth-order valence-electron chi connectivity index (χ4n) is 1.27. The SMILES string of the molecule is CCC(=Cc1cccc(F)c1)COC(C)=O. The van der Waals surface area contributed by atoms with Crippen LogP contribution in [0, 0.1) is 5.82 Å². The Morgan fingerprint density at radius 3 is 2.81 bits per heavy atom. The van der Waals surface area contributed by atoms with Gasteiger partial charge in [-0.15, -0.1) is 0 Å². The molecule has 0 heterocycles. The molecule has 0 N–H and O–H groups in total. The fourth-order valence-corrected chi connectivity index (χ4v) is 1.27. The Labute approximate surface area is 94.7 Å². The number of ether oxygens (including phenoxy) is 1. The van der Waals surface area contributed by atoms with Crippen molar-refractivity contribution in [2.75, 3.05) is 6.61 Å². The van der Waals surface area contributed by atoms with Crippen molar-refractivity contribution in [3.05, 3.63) is 41.2 Å². The molecule has 0 saturated carbocycles. The molecular weight excluding hydrogens is 207 g/mol. The van der Waals surface area contributed by atoms with Crippen LogP contribution < -0.4 is 0 Å². The highest BCUT2D eigenvalue weighted by Crippen LogP contribution is 2.11. The van der Waals surface area contributed by atoms with Gasteiger partial charge in [0.1, 0.15) is 12.4 Å². The first-order chi connectivity index (χ1) is 7.61. The molecule has 3 heteroatoms. The Morgan fingerprint density at radius 1 is 1.50 bits per heavy atom. The van der Waals surface area contributed by atoms with Gasteiger partial charge < -0.3 is 4.74 Å². The maximum absolute atomic E-state index is 12.9. The molecule has 86 valence electrons. The quantitative estimate of drug-likeness (QED) is 0.731. The lowest BCUT2D eigenvalue weighted by Gasteiger charge is -2.05. The van der Waals surface area contributed by atoms with Gasteiger partial charge in [-0.05, 0) is 29.7 Å². The Bertz CT molecular complexity index is 397. The van der Waals surface area contributed by atoms with E-state index < -0.39 is 0 Å². The normalized spacial score (nSPS) is 11.3. The third kappa shape index (κ3) is 4.26. The monoisotopic (exact) mass is 222 g/mol. The Kier molecular flexibility index (Phi) is 4.70. The molecule has 0 aliphatic heterocycles. The lowest BCUT2D eigenvalue weighted by Crippen LogP contribution is -2.02. The smallest absolute Gasteiger partial charge is 0.302 e. The molecule has 0 aliphatic carbocycles. The van der Waals surface area contributed by atoms with Gasteiger partial charge in [-0.1, -0.05) is 25.1 Å². The third-order valence-corrected chi connectivity index (χ3v) is 2.13. The van der Waals surface area contributed by atoms with Crippen molar-refractivity contribution in [1.29, 1.82) is 0 Å². The van der Waals surface area contributed by atoms with Crippen molar-refractivity contribution in [2.45, 2.75) is 20.3 Å². The highest BCUT2D eigenvalue weighted by atomic mass is 19.1. The number of rotatable bonds is 4. The number of carbonyl (C=O) groups excluding carboxylic acids is 1. The van der Waals surface area contributed by atoms with E-state index in [-0.39, 0.29) is 18.4 Å². The Morgan fingerprint density at radius 2 is 2.25 bits per heavy atom. The zero-order valence-electron chi connectivity index (χ0n) is 9.50. The van der Waals surface area contributed by atoms with Crippen LogP contribution in [0.25, 0.3) is 6.08 Å². The molecule has 0 aromatic heterocycles. The molecule has 1 aromatic rings. The summed E-state index contributed by atoms with van der Waals surface area (Å²) in [6, 6.07) is 6.31. The van der Waals surface area contributed by atoms with Gasteiger partial charge in [-0.2, -0.15) is 0 Å². The second-order valence-corrected chi connectivity index (χ2v) is 3.49. The van der Waals surface area contributed by atoms with Gasteiger partial charge in [0, 0.05) is 6.92 Å². The second kappa shape index (κ2) is 6.05. The summed E-state index contributed by atoms with van der Waals surface area (Å²) in [6.07, 6.45) is 2.61. The largest absolute Gasteiger partial charge is 0.461 e. The topological polar surface area (TPSA) is 26.3 Å². The summed E-state index contributed by atoms with van der Waals surface area (Å²) in [5, 5.41) is 0. The van der Waals surface area contributed by atoms with E-state index in [9.17, 15) is 9.18 Å². The first-order valence-electron chi connectivity index (χ1n) is 5.20. The maximum Gasteiger partial charge on any atom is 0.302 e. The van der Waals surface area contributed by atoms with Gasteiger partial charge in [0.05, 0.1) is 0 Å². The highest BCUT2D eigenvalue weighted by Gasteiger charge is 1.99. The van der Waals surface area contributed by atoms with Crippen LogP contribution in [-0.4, -0.2) is 12.6 Å². The van der Waals surface area contributed by atoms with E-state index in [0.717, 1.165) is 17.6 Å². The molecule has 0 spiro atoms. The summed E-state index contributed by atoms with van der Waals surface area (Å²) >= 11 is 0. The zero-order valence-corrected chi connectivity index (χ0v) is 9.50. The van der Waals surface area contributed by atoms with E-state index in [4.69, 9.17) is 4.74 Å². The molecule has 0 aliphatic rings. The van der Waals surface area contributed by atoms with Crippen molar-refractivity contribution in [3.63, 3.8) is 0 Å². The van der Waals surface area contributed by atoms with Crippen molar-refractivity contribution >= 4 is 12.0 Å². The minimum absolute atomic E-state index is 0.266. The number of halogens is 1. The molecule has 1 aromatic carbocycles. The summed E-state index contributed by atoms with van der Waals surface area (Å²) in [7, 11) is 0. The van der Waals surface area contributed by atoms with E-state index >= 15 is 0 Å². The Hall–Kier alpha value is -1.64. The van der Waals surface area contributed by atoms with Gasteiger partial charge in [0.15, 0.2) is 0 Å². The lowest BCUT2D eigenvalue weighted by atomic mass is 10.1. The molecule has 0 saturated heterocycles. The summed E-state index contributed by atoms with van der Waals surface area (Å²) in [6.45, 7) is 3.60. The molecule has 0 unspecified atom stereocenters. The number of hydrogen-bond acceptors (Lipinski definition) is 2. The van der Waals surface area contributed by atoms with Crippen LogP contribution in [-0.2, 0) is 9.53 Å². The van der Waals surface area contributed by atoms with E-state index in [1.807, 2.05) is 19.1 Å². The van der Waals surface area contributed by atoms with Gasteiger partial charge in [0.25, 0.3) is 0 Å². The minimum atomic E-state index is -0.307. The number of benzene rings is 1. The predicted molar refractivity (Wildman–Crippen MR) is 61.3 cm³/mol. The second-order valence-electron chi connectivity index (χ2n) is 3.49. The van der Waals surface area contributed by atoms with E-state index in [1.54, 1.807) is 6.07 Å². The van der Waals surface area contributed by atoms with Gasteiger partial charge in [-0.3, -0.25) is 4.79 Å². The molecule has 0 atom stereocenters. The molecule has 0 radical (unpaired) electrons. The minimum Gasteiger partial charge on any atom is -0.461 e. The maximum atomic E-state index is 12.9. The van der Waals surface area contributed by atoms with Crippen molar-refractivity contribution in [1.82, 2.24) is 0 Å². The molecule has 2 nitrogen and oxygen atoms in total. The van der Waals surface area contributed by atoms with Crippen LogP contribution in [0.3, 0.4) is 0 Å². The number of hydrogen-bond donors (Lipinski definition) is 0. The van der Waals surface area contributed by atoms with E-state index in [1.165, 1.54) is 19.1 Å². The van der Waals surface area contributed by atoms with Crippen LogP contribution in [0.15, 0.2) is 29.8 Å². The van der Waals surface area contributed by atoms with Crippen LogP contribution in [0.2, 0.25) is 0 Å². The van der Waals surface area contributed by atoms with E-state index in [2.05, 4.69) is 0 Å². The van der Waals surface area contributed by atoms with Crippen molar-refractivity contribution < 1.29 is 13.9 Å². The average molecular weight is 222 g/mol. The standard InChI is InChI=1S/C13H15FO2/c1-3-11(9-16-10(2)15)7-12-5-4-6-13(14)8-12/h4-8H,3,9H2,1-2H3. The molecule has 16 heavy (non-hydrogen) atoms. The van der Waals surface area contributed by atoms with E-state index in [0.29, 0.717) is 0 Å². The van der Waals surface area contributed by atoms with Crippen molar-refractivity contribution in [3.8, 4) is 0 Å². The fraction of sp³-hybridized carbons (Fsp3) is 0.308. The first kappa shape index (κ1) is 12.4. The molecular formula is C13H15FO2. The van der Waals surface area contributed by atoms with Crippen LogP contribution in [0.1, 0.15) is 25.8 Å². The highest BCUT2D eigenvalue weighted by molar-refractivity contribution is 5.66. The summed E-state index contributed by atoms with van der Waals surface area (Å²) < 4.78 is 17.8. The van der Waals surface area contributed by atoms with Gasteiger partial charge in [0.2, 0.25) is 0 Å². The summed E-state index contributed by atoms with van der Waals surface area (Å²) in [5.41, 5.74) is 1.74. The van der Waals surface area contributed by atoms with Crippen LogP contribution in [0.5, 0.6) is 0 Å².